The van der Waals surface area contributed by atoms with Gasteiger partial charge in [0.25, 0.3) is 0 Å². The predicted octanol–water partition coefficient (Wildman–Crippen LogP) is 3.02. The Morgan fingerprint density at radius 2 is 2.00 bits per heavy atom. The Morgan fingerprint density at radius 1 is 1.30 bits per heavy atom. The van der Waals surface area contributed by atoms with Gasteiger partial charge in [-0.3, -0.25) is 0 Å². The van der Waals surface area contributed by atoms with E-state index in [-0.39, 0.29) is 6.10 Å². The zero-order chi connectivity index (χ0) is 14.9. The molecule has 20 heavy (non-hydrogen) atoms. The Balaban J connectivity index is 2.52. The monoisotopic (exact) mass is 293 g/mol. The van der Waals surface area contributed by atoms with Crippen molar-refractivity contribution < 1.29 is 5.11 Å². The Labute approximate surface area is 124 Å². The van der Waals surface area contributed by atoms with Crippen molar-refractivity contribution in [3.05, 3.63) is 16.8 Å². The van der Waals surface area contributed by atoms with Crippen LogP contribution in [0.5, 0.6) is 0 Å². The van der Waals surface area contributed by atoms with Gasteiger partial charge in [-0.15, -0.1) is 11.3 Å². The summed E-state index contributed by atoms with van der Waals surface area (Å²) in [6.07, 6.45) is 0.652. The molecule has 0 spiro atoms. The van der Waals surface area contributed by atoms with Crippen LogP contribution >= 0.6 is 11.3 Å². The summed E-state index contributed by atoms with van der Waals surface area (Å²) in [6.45, 7) is 8.73. The molecule has 2 aromatic rings. The van der Waals surface area contributed by atoms with Crippen molar-refractivity contribution in [1.29, 1.82) is 0 Å². The molecule has 0 aliphatic rings. The number of fused-ring (bicyclic) bond motifs is 1. The fraction of sp³-hybridized carbons (Fsp3) is 0.600. The third-order valence-corrected chi connectivity index (χ3v) is 4.05. The van der Waals surface area contributed by atoms with Crippen molar-refractivity contribution in [2.45, 2.75) is 40.2 Å². The first-order valence-corrected chi connectivity index (χ1v) is 7.90. The fourth-order valence-electron chi connectivity index (χ4n) is 2.43. The smallest absolute Gasteiger partial charge is 0.141 e. The summed E-state index contributed by atoms with van der Waals surface area (Å²) in [5.74, 6) is 2.32. The van der Waals surface area contributed by atoms with Crippen LogP contribution in [0.25, 0.3) is 10.2 Å². The van der Waals surface area contributed by atoms with Gasteiger partial charge in [-0.2, -0.15) is 0 Å². The molecule has 2 aromatic heterocycles. The van der Waals surface area contributed by atoms with Gasteiger partial charge in [-0.25, -0.2) is 9.97 Å². The normalized spacial score (nSPS) is 13.2. The first-order chi connectivity index (χ1) is 9.38. The number of hydrogen-bond acceptors (Lipinski definition) is 5. The van der Waals surface area contributed by atoms with E-state index >= 15 is 0 Å². The lowest BCUT2D eigenvalue weighted by Gasteiger charge is -2.21. The molecule has 1 atom stereocenters. The number of aryl methyl sites for hydroxylation is 1. The van der Waals surface area contributed by atoms with Crippen molar-refractivity contribution in [1.82, 2.24) is 9.97 Å². The topological polar surface area (TPSA) is 49.2 Å². The second-order valence-electron chi connectivity index (χ2n) is 5.86. The molecule has 1 N–H and O–H groups in total. The molecule has 0 fully saturated rings. The summed E-state index contributed by atoms with van der Waals surface area (Å²) < 4.78 is 0. The van der Waals surface area contributed by atoms with E-state index in [9.17, 15) is 5.11 Å². The minimum atomic E-state index is -0.377. The molecule has 0 aliphatic heterocycles. The fourth-order valence-corrected chi connectivity index (χ4v) is 3.43. The van der Waals surface area contributed by atoms with E-state index in [4.69, 9.17) is 0 Å². The van der Waals surface area contributed by atoms with Crippen LogP contribution in [-0.2, 0) is 6.42 Å². The first kappa shape index (κ1) is 15.2. The molecular weight excluding hydrogens is 270 g/mol. The lowest BCUT2D eigenvalue weighted by Crippen LogP contribution is -2.28. The van der Waals surface area contributed by atoms with Gasteiger partial charge in [0.1, 0.15) is 16.5 Å². The molecule has 0 amide bonds. The maximum atomic E-state index is 9.61. The van der Waals surface area contributed by atoms with E-state index in [2.05, 4.69) is 29.2 Å². The number of nitrogens with zero attached hydrogens (tertiary/aromatic N) is 3. The molecule has 110 valence electrons. The quantitative estimate of drug-likeness (QED) is 0.920. The zero-order valence-corrected chi connectivity index (χ0v) is 13.7. The van der Waals surface area contributed by atoms with Gasteiger partial charge in [-0.05, 0) is 37.1 Å². The second kappa shape index (κ2) is 6.06. The number of aliphatic hydroxyl groups is 1. The van der Waals surface area contributed by atoms with Crippen LogP contribution in [0.1, 0.15) is 32.2 Å². The summed E-state index contributed by atoms with van der Waals surface area (Å²) in [4.78, 5) is 12.2. The standard InChI is InChI=1S/C15H23N3OS/c1-9(2)6-12-8-20-15-13(12)14(16-11(4)17-15)18(5)7-10(3)19/h8-10,19H,6-7H2,1-5H3. The van der Waals surface area contributed by atoms with Crippen LogP contribution in [-0.4, -0.2) is 34.8 Å². The van der Waals surface area contributed by atoms with E-state index in [1.54, 1.807) is 18.3 Å². The summed E-state index contributed by atoms with van der Waals surface area (Å²) in [6, 6.07) is 0. The molecule has 0 radical (unpaired) electrons. The summed E-state index contributed by atoms with van der Waals surface area (Å²) in [7, 11) is 1.98. The molecule has 4 nitrogen and oxygen atoms in total. The summed E-state index contributed by atoms with van der Waals surface area (Å²) >= 11 is 1.68. The molecule has 2 rings (SSSR count). The van der Waals surface area contributed by atoms with E-state index in [1.807, 2.05) is 18.9 Å². The molecule has 0 aliphatic carbocycles. The lowest BCUT2D eigenvalue weighted by molar-refractivity contribution is 0.201. The van der Waals surface area contributed by atoms with Crippen molar-refractivity contribution in [2.75, 3.05) is 18.5 Å². The average molecular weight is 293 g/mol. The minimum absolute atomic E-state index is 0.377. The number of aromatic nitrogens is 2. The van der Waals surface area contributed by atoms with E-state index in [1.165, 1.54) is 5.56 Å². The molecule has 0 aromatic carbocycles. The predicted molar refractivity (Wildman–Crippen MR) is 85.6 cm³/mol. The van der Waals surface area contributed by atoms with E-state index in [0.29, 0.717) is 12.5 Å². The van der Waals surface area contributed by atoms with Crippen molar-refractivity contribution in [3.63, 3.8) is 0 Å². The van der Waals surface area contributed by atoms with Crippen molar-refractivity contribution in [3.8, 4) is 0 Å². The van der Waals surface area contributed by atoms with Crippen LogP contribution in [0, 0.1) is 12.8 Å². The molecule has 0 saturated heterocycles. The maximum Gasteiger partial charge on any atom is 0.141 e. The van der Waals surface area contributed by atoms with Crippen molar-refractivity contribution in [2.24, 2.45) is 5.92 Å². The molecule has 2 heterocycles. The number of likely N-dealkylation sites (N-methyl/N-ethyl adjacent to an activating group) is 1. The maximum absolute atomic E-state index is 9.61. The molecule has 0 bridgehead atoms. The zero-order valence-electron chi connectivity index (χ0n) is 12.8. The highest BCUT2D eigenvalue weighted by molar-refractivity contribution is 7.17. The van der Waals surface area contributed by atoms with Crippen LogP contribution in [0.3, 0.4) is 0 Å². The number of hydrogen-bond donors (Lipinski definition) is 1. The van der Waals surface area contributed by atoms with Crippen LogP contribution in [0.15, 0.2) is 5.38 Å². The van der Waals surface area contributed by atoms with Crippen LogP contribution in [0.4, 0.5) is 5.82 Å². The largest absolute Gasteiger partial charge is 0.392 e. The molecule has 1 unspecified atom stereocenters. The van der Waals surface area contributed by atoms with E-state index < -0.39 is 0 Å². The number of aliphatic hydroxyl groups excluding tert-OH is 1. The highest BCUT2D eigenvalue weighted by Crippen LogP contribution is 2.33. The Kier molecular flexibility index (Phi) is 4.60. The van der Waals surface area contributed by atoms with Gasteiger partial charge in [-0.1, -0.05) is 13.8 Å². The van der Waals surface area contributed by atoms with Crippen LogP contribution < -0.4 is 4.90 Å². The third kappa shape index (κ3) is 3.27. The Hall–Kier alpha value is -1.20. The van der Waals surface area contributed by atoms with Gasteiger partial charge in [0, 0.05) is 13.6 Å². The first-order valence-electron chi connectivity index (χ1n) is 7.02. The SMILES string of the molecule is Cc1nc(N(C)CC(C)O)c2c(CC(C)C)csc2n1. The molecular formula is C15H23N3OS. The molecule has 5 heteroatoms. The summed E-state index contributed by atoms with van der Waals surface area (Å²) in [5.41, 5.74) is 1.31. The van der Waals surface area contributed by atoms with Gasteiger partial charge in [0.05, 0.1) is 11.5 Å². The second-order valence-corrected chi connectivity index (χ2v) is 6.72. The van der Waals surface area contributed by atoms with Crippen LogP contribution in [0.2, 0.25) is 0 Å². The van der Waals surface area contributed by atoms with Crippen molar-refractivity contribution >= 4 is 27.4 Å². The van der Waals surface area contributed by atoms with Gasteiger partial charge < -0.3 is 10.0 Å². The van der Waals surface area contributed by atoms with Gasteiger partial charge in [0.15, 0.2) is 0 Å². The van der Waals surface area contributed by atoms with Gasteiger partial charge in [0.2, 0.25) is 0 Å². The minimum Gasteiger partial charge on any atom is -0.392 e. The van der Waals surface area contributed by atoms with E-state index in [0.717, 1.165) is 28.3 Å². The highest BCUT2D eigenvalue weighted by Gasteiger charge is 2.17. The Bertz CT molecular complexity index is 592. The number of anilines is 1. The number of thiophene rings is 1. The highest BCUT2D eigenvalue weighted by atomic mass is 32.1. The Morgan fingerprint density at radius 3 is 2.60 bits per heavy atom. The van der Waals surface area contributed by atoms with Gasteiger partial charge >= 0.3 is 0 Å². The number of rotatable bonds is 5. The average Bonchev–Trinajstić information content (AvgIpc) is 2.69. The summed E-state index contributed by atoms with van der Waals surface area (Å²) in [5, 5.41) is 13.0. The molecule has 0 saturated carbocycles. The lowest BCUT2D eigenvalue weighted by atomic mass is 10.0. The third-order valence-electron chi connectivity index (χ3n) is 3.13.